The van der Waals surface area contributed by atoms with E-state index in [9.17, 15) is 0 Å². The molecule has 0 aliphatic carbocycles. The van der Waals surface area contributed by atoms with Crippen LogP contribution >= 0.6 is 0 Å². The second-order valence-electron chi connectivity index (χ2n) is 8.33. The predicted molar refractivity (Wildman–Crippen MR) is 119 cm³/mol. The van der Waals surface area contributed by atoms with Crippen LogP contribution in [0.5, 0.6) is 0 Å². The van der Waals surface area contributed by atoms with E-state index in [1.54, 1.807) is 0 Å². The molecular weight excluding hydrogens is 342 g/mol. The molecule has 0 bridgehead atoms. The Hall–Kier alpha value is -2.71. The van der Waals surface area contributed by atoms with E-state index in [0.29, 0.717) is 0 Å². The van der Waals surface area contributed by atoms with Crippen molar-refractivity contribution in [3.63, 3.8) is 0 Å². The lowest BCUT2D eigenvalue weighted by molar-refractivity contribution is 1.31. The highest BCUT2D eigenvalue weighted by molar-refractivity contribution is 7.04. The second kappa shape index (κ2) is 5.64. The zero-order valence-electron chi connectivity index (χ0n) is 16.3. The lowest BCUT2D eigenvalue weighted by atomic mass is 9.97. The van der Waals surface area contributed by atoms with Crippen LogP contribution in [0.15, 0.2) is 66.9 Å². The highest BCUT2D eigenvalue weighted by Gasteiger charge is 2.38. The molecule has 0 spiro atoms. The van der Waals surface area contributed by atoms with Crippen LogP contribution in [0.2, 0.25) is 13.1 Å². The van der Waals surface area contributed by atoms with Gasteiger partial charge in [-0.05, 0) is 64.3 Å². The van der Waals surface area contributed by atoms with Crippen molar-refractivity contribution < 1.29 is 0 Å². The van der Waals surface area contributed by atoms with Gasteiger partial charge in [-0.1, -0.05) is 66.7 Å². The van der Waals surface area contributed by atoms with Crippen LogP contribution in [0.25, 0.3) is 33.2 Å². The van der Waals surface area contributed by atoms with Crippen molar-refractivity contribution in [3.8, 4) is 22.4 Å². The molecule has 0 radical (unpaired) electrons. The SMILES string of the molecule is Cc1cc(C)cc(-c2cc3c(cn2)[Si](C)(C)c2ccc4ccccc4c2-3)c1. The van der Waals surface area contributed by atoms with Gasteiger partial charge in [-0.25, -0.2) is 0 Å². The highest BCUT2D eigenvalue weighted by atomic mass is 28.3. The Labute approximate surface area is 161 Å². The number of aryl methyl sites for hydroxylation is 2. The van der Waals surface area contributed by atoms with E-state index in [-0.39, 0.29) is 0 Å². The van der Waals surface area contributed by atoms with E-state index >= 15 is 0 Å². The normalized spacial score (nSPS) is 14.2. The minimum Gasteiger partial charge on any atom is -0.256 e. The van der Waals surface area contributed by atoms with Crippen molar-refractivity contribution in [1.82, 2.24) is 4.98 Å². The first-order valence-electron chi connectivity index (χ1n) is 9.57. The smallest absolute Gasteiger partial charge is 0.115 e. The predicted octanol–water partition coefficient (Wildman–Crippen LogP) is 5.32. The van der Waals surface area contributed by atoms with E-state index in [1.165, 1.54) is 49.0 Å². The maximum absolute atomic E-state index is 4.90. The molecule has 1 aliphatic rings. The van der Waals surface area contributed by atoms with E-state index in [1.807, 2.05) is 0 Å². The number of benzene rings is 3. The van der Waals surface area contributed by atoms with Gasteiger partial charge < -0.3 is 0 Å². The number of pyridine rings is 1. The molecule has 0 saturated carbocycles. The second-order valence-corrected chi connectivity index (χ2v) is 12.7. The van der Waals surface area contributed by atoms with Crippen LogP contribution in [0, 0.1) is 13.8 Å². The third-order valence-electron chi connectivity index (χ3n) is 5.97. The Morgan fingerprint density at radius 2 is 1.52 bits per heavy atom. The van der Waals surface area contributed by atoms with E-state index < -0.39 is 8.07 Å². The van der Waals surface area contributed by atoms with Gasteiger partial charge >= 0.3 is 0 Å². The quantitative estimate of drug-likeness (QED) is 0.416. The number of aromatic nitrogens is 1. The van der Waals surface area contributed by atoms with Gasteiger partial charge in [0.25, 0.3) is 0 Å². The molecule has 0 atom stereocenters. The minimum absolute atomic E-state index is 1.08. The first kappa shape index (κ1) is 16.5. The molecule has 1 aliphatic heterocycles. The molecule has 1 nitrogen and oxygen atoms in total. The molecular formula is C25H23NSi. The standard InChI is InChI=1S/C25H23NSi/c1-16-11-17(2)13-19(12-16)22-14-21-24(15-26-22)27(3,4)23-10-9-18-7-5-6-8-20(18)25(21)23/h5-15H,1-4H3. The third-order valence-corrected chi connectivity index (χ3v) is 9.47. The molecule has 132 valence electrons. The maximum Gasteiger partial charge on any atom is 0.115 e. The molecule has 0 amide bonds. The summed E-state index contributed by atoms with van der Waals surface area (Å²) in [6, 6.07) is 22.4. The van der Waals surface area contributed by atoms with Gasteiger partial charge in [0.2, 0.25) is 0 Å². The number of fused-ring (bicyclic) bond motifs is 5. The number of hydrogen-bond acceptors (Lipinski definition) is 1. The van der Waals surface area contributed by atoms with Gasteiger partial charge in [0, 0.05) is 11.8 Å². The van der Waals surface area contributed by atoms with Crippen LogP contribution in [-0.4, -0.2) is 13.1 Å². The van der Waals surface area contributed by atoms with Gasteiger partial charge in [-0.15, -0.1) is 0 Å². The maximum atomic E-state index is 4.90. The zero-order valence-corrected chi connectivity index (χ0v) is 17.3. The summed E-state index contributed by atoms with van der Waals surface area (Å²) in [7, 11) is -1.71. The topological polar surface area (TPSA) is 12.9 Å². The van der Waals surface area contributed by atoms with Crippen LogP contribution in [0.3, 0.4) is 0 Å². The molecule has 3 aromatic carbocycles. The molecule has 4 aromatic rings. The first-order chi connectivity index (χ1) is 12.9. The van der Waals surface area contributed by atoms with Gasteiger partial charge in [-0.2, -0.15) is 0 Å². The molecule has 2 heterocycles. The van der Waals surface area contributed by atoms with Gasteiger partial charge in [0.05, 0.1) is 5.69 Å². The van der Waals surface area contributed by atoms with E-state index in [2.05, 4.69) is 93.8 Å². The van der Waals surface area contributed by atoms with Crippen LogP contribution in [-0.2, 0) is 0 Å². The lowest BCUT2D eigenvalue weighted by Crippen LogP contribution is -2.49. The van der Waals surface area contributed by atoms with Gasteiger partial charge in [0.15, 0.2) is 0 Å². The van der Waals surface area contributed by atoms with Crippen molar-refractivity contribution in [2.45, 2.75) is 26.9 Å². The zero-order chi connectivity index (χ0) is 18.8. The molecule has 0 unspecified atom stereocenters. The van der Waals surface area contributed by atoms with Crippen LogP contribution < -0.4 is 10.4 Å². The summed E-state index contributed by atoms with van der Waals surface area (Å²) < 4.78 is 0. The Balaban J connectivity index is 1.82. The molecule has 1 aromatic heterocycles. The Kier molecular flexibility index (Phi) is 3.44. The third kappa shape index (κ3) is 2.40. The Morgan fingerprint density at radius 1 is 0.778 bits per heavy atom. The highest BCUT2D eigenvalue weighted by Crippen LogP contribution is 2.35. The summed E-state index contributed by atoms with van der Waals surface area (Å²) >= 11 is 0. The molecule has 2 heteroatoms. The van der Waals surface area contributed by atoms with Crippen molar-refractivity contribution in [2.24, 2.45) is 0 Å². The summed E-state index contributed by atoms with van der Waals surface area (Å²) in [6.07, 6.45) is 2.16. The van der Waals surface area contributed by atoms with Crippen molar-refractivity contribution >= 4 is 29.2 Å². The van der Waals surface area contributed by atoms with E-state index in [0.717, 1.165) is 5.69 Å². The fraction of sp³-hybridized carbons (Fsp3) is 0.160. The van der Waals surface area contributed by atoms with Crippen molar-refractivity contribution in [1.29, 1.82) is 0 Å². The summed E-state index contributed by atoms with van der Waals surface area (Å²) in [5, 5.41) is 5.68. The Morgan fingerprint density at radius 3 is 2.30 bits per heavy atom. The number of hydrogen-bond donors (Lipinski definition) is 0. The summed E-state index contributed by atoms with van der Waals surface area (Å²) in [5.41, 5.74) is 7.69. The van der Waals surface area contributed by atoms with Crippen LogP contribution in [0.4, 0.5) is 0 Å². The molecule has 5 rings (SSSR count). The first-order valence-corrected chi connectivity index (χ1v) is 12.6. The number of nitrogens with zero attached hydrogens (tertiary/aromatic N) is 1. The van der Waals surface area contributed by atoms with Crippen molar-refractivity contribution in [3.05, 3.63) is 78.0 Å². The van der Waals surface area contributed by atoms with Crippen molar-refractivity contribution in [2.75, 3.05) is 0 Å². The molecule has 0 fully saturated rings. The summed E-state index contributed by atoms with van der Waals surface area (Å²) in [6.45, 7) is 9.21. The van der Waals surface area contributed by atoms with Crippen LogP contribution in [0.1, 0.15) is 11.1 Å². The molecule has 0 N–H and O–H groups in total. The average molecular weight is 366 g/mol. The largest absolute Gasteiger partial charge is 0.256 e. The molecule has 0 saturated heterocycles. The van der Waals surface area contributed by atoms with Gasteiger partial charge in [0.1, 0.15) is 8.07 Å². The fourth-order valence-electron chi connectivity index (χ4n) is 4.67. The monoisotopic (exact) mass is 365 g/mol. The Bertz CT molecular complexity index is 1200. The summed E-state index contributed by atoms with van der Waals surface area (Å²) in [5.74, 6) is 0. The minimum atomic E-state index is -1.71. The fourth-order valence-corrected chi connectivity index (χ4v) is 7.61. The number of rotatable bonds is 1. The average Bonchev–Trinajstić information content (AvgIpc) is 2.88. The summed E-state index contributed by atoms with van der Waals surface area (Å²) in [4.78, 5) is 4.90. The molecule has 27 heavy (non-hydrogen) atoms. The lowest BCUT2D eigenvalue weighted by Gasteiger charge is -2.18. The van der Waals surface area contributed by atoms with Gasteiger partial charge in [-0.3, -0.25) is 4.98 Å². The van der Waals surface area contributed by atoms with E-state index in [4.69, 9.17) is 4.98 Å².